The van der Waals surface area contributed by atoms with Gasteiger partial charge in [-0.25, -0.2) is 0 Å². The quantitative estimate of drug-likeness (QED) is 0.583. The lowest BCUT2D eigenvalue weighted by Gasteiger charge is -2.02. The van der Waals surface area contributed by atoms with Crippen LogP contribution in [0.2, 0.25) is 0 Å². The summed E-state index contributed by atoms with van der Waals surface area (Å²) < 4.78 is 5.10. The third-order valence-electron chi connectivity index (χ3n) is 2.68. The molecule has 1 rings (SSSR count). The van der Waals surface area contributed by atoms with E-state index in [0.29, 0.717) is 13.0 Å². The molecule has 0 saturated heterocycles. The number of carbonyl (C=O) groups is 1. The summed E-state index contributed by atoms with van der Waals surface area (Å²) in [6, 6.07) is 0. The van der Waals surface area contributed by atoms with Crippen LogP contribution in [-0.4, -0.2) is 12.6 Å². The lowest BCUT2D eigenvalue weighted by Crippen LogP contribution is -2.04. The highest BCUT2D eigenvalue weighted by molar-refractivity contribution is 5.69. The number of allylic oxidation sites excluding steroid dienone is 3. The van der Waals surface area contributed by atoms with Gasteiger partial charge in [-0.2, -0.15) is 0 Å². The lowest BCUT2D eigenvalue weighted by atomic mass is 10.1. The Morgan fingerprint density at radius 2 is 1.56 bits per heavy atom. The second kappa shape index (κ2) is 9.20. The summed E-state index contributed by atoms with van der Waals surface area (Å²) in [6.07, 6.45) is 16.8. The standard InChI is InChI=1S/C14H22O2/c15-14-12-10-8-6-4-2-1-3-5-7-9-11-13-16-14/h3,5,7,9H,1-2,4,6,8,10-13H2/b5-3+,9-7-. The van der Waals surface area contributed by atoms with Crippen LogP contribution in [-0.2, 0) is 9.53 Å². The van der Waals surface area contributed by atoms with E-state index in [-0.39, 0.29) is 5.97 Å². The fourth-order valence-electron chi connectivity index (χ4n) is 1.72. The van der Waals surface area contributed by atoms with Crippen molar-refractivity contribution >= 4 is 5.97 Å². The molecule has 0 aromatic carbocycles. The van der Waals surface area contributed by atoms with Crippen LogP contribution in [0.3, 0.4) is 0 Å². The van der Waals surface area contributed by atoms with E-state index in [1.54, 1.807) is 0 Å². The minimum Gasteiger partial charge on any atom is -0.465 e. The zero-order valence-electron chi connectivity index (χ0n) is 9.99. The first-order valence-corrected chi connectivity index (χ1v) is 6.37. The van der Waals surface area contributed by atoms with Crippen LogP contribution in [0.25, 0.3) is 0 Å². The van der Waals surface area contributed by atoms with Crippen molar-refractivity contribution in [2.75, 3.05) is 6.61 Å². The second-order valence-corrected chi connectivity index (χ2v) is 4.17. The molecule has 0 N–H and O–H groups in total. The summed E-state index contributed by atoms with van der Waals surface area (Å²) >= 11 is 0. The molecular formula is C14H22O2. The molecule has 0 bridgehead atoms. The van der Waals surface area contributed by atoms with E-state index in [4.69, 9.17) is 4.74 Å². The zero-order valence-corrected chi connectivity index (χ0v) is 9.99. The van der Waals surface area contributed by atoms with Crippen LogP contribution >= 0.6 is 0 Å². The Labute approximate surface area is 98.4 Å². The van der Waals surface area contributed by atoms with Gasteiger partial charge in [0, 0.05) is 6.42 Å². The fraction of sp³-hybridized carbons (Fsp3) is 0.643. The van der Waals surface area contributed by atoms with Gasteiger partial charge in [-0.15, -0.1) is 0 Å². The molecule has 2 heteroatoms. The number of hydrogen-bond acceptors (Lipinski definition) is 2. The molecular weight excluding hydrogens is 200 g/mol. The van der Waals surface area contributed by atoms with Gasteiger partial charge in [0.15, 0.2) is 0 Å². The molecule has 0 aliphatic carbocycles. The Kier molecular flexibility index (Phi) is 7.48. The molecule has 16 heavy (non-hydrogen) atoms. The first-order chi connectivity index (χ1) is 7.89. The first kappa shape index (κ1) is 13.0. The molecule has 1 aliphatic heterocycles. The molecule has 1 heterocycles. The minimum atomic E-state index is -0.0428. The molecule has 0 fully saturated rings. The molecule has 0 amide bonds. The maximum absolute atomic E-state index is 11.3. The minimum absolute atomic E-state index is 0.0428. The monoisotopic (exact) mass is 222 g/mol. The van der Waals surface area contributed by atoms with Crippen molar-refractivity contribution in [2.24, 2.45) is 0 Å². The van der Waals surface area contributed by atoms with Crippen molar-refractivity contribution in [1.82, 2.24) is 0 Å². The van der Waals surface area contributed by atoms with Crippen LogP contribution in [0.15, 0.2) is 24.3 Å². The van der Waals surface area contributed by atoms with Crippen LogP contribution in [0.5, 0.6) is 0 Å². The smallest absolute Gasteiger partial charge is 0.305 e. The van der Waals surface area contributed by atoms with Gasteiger partial charge < -0.3 is 4.74 Å². The third kappa shape index (κ3) is 7.27. The van der Waals surface area contributed by atoms with Crippen molar-refractivity contribution < 1.29 is 9.53 Å². The summed E-state index contributed by atoms with van der Waals surface area (Å²) in [7, 11) is 0. The van der Waals surface area contributed by atoms with Gasteiger partial charge in [0.2, 0.25) is 0 Å². The maximum atomic E-state index is 11.3. The molecule has 0 saturated carbocycles. The van der Waals surface area contributed by atoms with E-state index in [0.717, 1.165) is 19.3 Å². The molecule has 0 atom stereocenters. The van der Waals surface area contributed by atoms with Gasteiger partial charge in [-0.1, -0.05) is 43.6 Å². The van der Waals surface area contributed by atoms with E-state index >= 15 is 0 Å². The van der Waals surface area contributed by atoms with Crippen LogP contribution in [0.1, 0.15) is 51.4 Å². The predicted molar refractivity (Wildman–Crippen MR) is 66.2 cm³/mol. The second-order valence-electron chi connectivity index (χ2n) is 4.17. The van der Waals surface area contributed by atoms with E-state index < -0.39 is 0 Å². The number of ether oxygens (including phenoxy) is 1. The van der Waals surface area contributed by atoms with E-state index in [2.05, 4.69) is 12.2 Å². The molecule has 0 spiro atoms. The molecule has 90 valence electrons. The lowest BCUT2D eigenvalue weighted by molar-refractivity contribution is -0.143. The largest absolute Gasteiger partial charge is 0.465 e. The highest BCUT2D eigenvalue weighted by atomic mass is 16.5. The third-order valence-corrected chi connectivity index (χ3v) is 2.68. The summed E-state index contributed by atoms with van der Waals surface area (Å²) in [6.45, 7) is 0.517. The topological polar surface area (TPSA) is 26.3 Å². The van der Waals surface area contributed by atoms with Crippen LogP contribution in [0, 0.1) is 0 Å². The zero-order chi connectivity index (χ0) is 11.5. The highest BCUT2D eigenvalue weighted by Crippen LogP contribution is 2.08. The Bertz CT molecular complexity index is 241. The van der Waals surface area contributed by atoms with Gasteiger partial charge in [0.05, 0.1) is 6.61 Å². The summed E-state index contributed by atoms with van der Waals surface area (Å²) in [5.74, 6) is -0.0428. The maximum Gasteiger partial charge on any atom is 0.305 e. The van der Waals surface area contributed by atoms with Gasteiger partial charge in [-0.3, -0.25) is 4.79 Å². The summed E-state index contributed by atoms with van der Waals surface area (Å²) in [5, 5.41) is 0. The molecule has 0 aromatic rings. The van der Waals surface area contributed by atoms with Gasteiger partial charge in [0.25, 0.3) is 0 Å². The Morgan fingerprint density at radius 1 is 0.875 bits per heavy atom. The fourth-order valence-corrected chi connectivity index (χ4v) is 1.72. The van der Waals surface area contributed by atoms with Crippen molar-refractivity contribution in [2.45, 2.75) is 51.4 Å². The van der Waals surface area contributed by atoms with Gasteiger partial charge >= 0.3 is 5.97 Å². The number of hydrogen-bond donors (Lipinski definition) is 0. The van der Waals surface area contributed by atoms with Gasteiger partial charge in [-0.05, 0) is 25.7 Å². The van der Waals surface area contributed by atoms with Crippen molar-refractivity contribution in [3.63, 3.8) is 0 Å². The first-order valence-electron chi connectivity index (χ1n) is 6.37. The Hall–Kier alpha value is -1.05. The summed E-state index contributed by atoms with van der Waals surface area (Å²) in [5.41, 5.74) is 0. The van der Waals surface area contributed by atoms with Crippen LogP contribution < -0.4 is 0 Å². The van der Waals surface area contributed by atoms with Crippen molar-refractivity contribution in [3.05, 3.63) is 24.3 Å². The van der Waals surface area contributed by atoms with Gasteiger partial charge in [0.1, 0.15) is 0 Å². The van der Waals surface area contributed by atoms with Crippen molar-refractivity contribution in [3.8, 4) is 0 Å². The van der Waals surface area contributed by atoms with E-state index in [1.165, 1.54) is 25.7 Å². The SMILES string of the molecule is O=C1CCCCCCC/C=C/C=C\CCO1. The molecule has 1 aliphatic rings. The average Bonchev–Trinajstić information content (AvgIpc) is 2.29. The Morgan fingerprint density at radius 3 is 2.44 bits per heavy atom. The summed E-state index contributed by atoms with van der Waals surface area (Å²) in [4.78, 5) is 11.3. The number of cyclic esters (lactones) is 1. The predicted octanol–water partition coefficient (Wildman–Crippen LogP) is 3.78. The van der Waals surface area contributed by atoms with E-state index in [1.807, 2.05) is 12.2 Å². The molecule has 0 unspecified atom stereocenters. The Balaban J connectivity index is 2.27. The molecule has 2 nitrogen and oxygen atoms in total. The van der Waals surface area contributed by atoms with Crippen LogP contribution in [0.4, 0.5) is 0 Å². The molecule has 0 radical (unpaired) electrons. The highest BCUT2D eigenvalue weighted by Gasteiger charge is 2.01. The number of rotatable bonds is 0. The molecule has 0 aromatic heterocycles. The average molecular weight is 222 g/mol. The normalized spacial score (nSPS) is 24.9. The van der Waals surface area contributed by atoms with Crippen molar-refractivity contribution in [1.29, 1.82) is 0 Å². The number of esters is 1. The van der Waals surface area contributed by atoms with E-state index in [9.17, 15) is 4.79 Å². The number of carbonyl (C=O) groups excluding carboxylic acids is 1.